The van der Waals surface area contributed by atoms with E-state index in [1.165, 1.54) is 12.0 Å². The van der Waals surface area contributed by atoms with Crippen LogP contribution in [0.2, 0.25) is 0 Å². The van der Waals surface area contributed by atoms with Gasteiger partial charge in [0.05, 0.1) is 0 Å². The summed E-state index contributed by atoms with van der Waals surface area (Å²) in [5.74, 6) is 1.29. The Morgan fingerprint density at radius 2 is 1.62 bits per heavy atom. The Bertz CT molecular complexity index is 380. The Kier molecular flexibility index (Phi) is 7.41. The van der Waals surface area contributed by atoms with E-state index in [4.69, 9.17) is 0 Å². The van der Waals surface area contributed by atoms with Gasteiger partial charge in [0.15, 0.2) is 0 Å². The smallest absolute Gasteiger partial charge is 0.0164 e. The molecule has 1 aromatic carbocycles. The van der Waals surface area contributed by atoms with E-state index in [0.717, 1.165) is 13.1 Å². The first-order valence-electron chi connectivity index (χ1n) is 8.37. The average Bonchev–Trinajstić information content (AvgIpc) is 2.45. The van der Waals surface area contributed by atoms with E-state index in [2.05, 4.69) is 82.5 Å². The first-order chi connectivity index (χ1) is 9.83. The molecule has 3 atom stereocenters. The monoisotopic (exact) mass is 290 g/mol. The van der Waals surface area contributed by atoms with Gasteiger partial charge in [-0.2, -0.15) is 0 Å². The van der Waals surface area contributed by atoms with E-state index < -0.39 is 0 Å². The van der Waals surface area contributed by atoms with Gasteiger partial charge in [-0.3, -0.25) is 0 Å². The number of benzene rings is 1. The third-order valence-corrected chi connectivity index (χ3v) is 4.18. The van der Waals surface area contributed by atoms with Crippen LogP contribution in [0.3, 0.4) is 0 Å². The Morgan fingerprint density at radius 3 is 2.14 bits per heavy atom. The van der Waals surface area contributed by atoms with E-state index in [0.29, 0.717) is 17.9 Å². The van der Waals surface area contributed by atoms with Crippen molar-refractivity contribution in [1.82, 2.24) is 10.6 Å². The number of hydrogen-bond donors (Lipinski definition) is 2. The normalized spacial score (nSPS) is 16.5. The molecule has 0 aliphatic carbocycles. The predicted octanol–water partition coefficient (Wildman–Crippen LogP) is 4.18. The summed E-state index contributed by atoms with van der Waals surface area (Å²) in [6, 6.07) is 11.4. The Morgan fingerprint density at radius 1 is 1.00 bits per heavy atom. The molecule has 0 aliphatic rings. The highest BCUT2D eigenvalue weighted by Crippen LogP contribution is 2.26. The third kappa shape index (κ3) is 7.10. The van der Waals surface area contributed by atoms with Crippen molar-refractivity contribution < 1.29 is 0 Å². The van der Waals surface area contributed by atoms with Crippen LogP contribution < -0.4 is 10.6 Å². The second-order valence-electron chi connectivity index (χ2n) is 7.34. The first kappa shape index (κ1) is 18.2. The highest BCUT2D eigenvalue weighted by molar-refractivity contribution is 5.20. The van der Waals surface area contributed by atoms with E-state index in [-0.39, 0.29) is 5.54 Å². The Hall–Kier alpha value is -0.860. The fraction of sp³-hybridized carbons (Fsp3) is 0.684. The van der Waals surface area contributed by atoms with E-state index in [1.807, 2.05) is 0 Å². The lowest BCUT2D eigenvalue weighted by molar-refractivity contribution is 0.362. The van der Waals surface area contributed by atoms with Gasteiger partial charge >= 0.3 is 0 Å². The molecular weight excluding hydrogens is 256 g/mol. The van der Waals surface area contributed by atoms with Gasteiger partial charge in [0, 0.05) is 24.7 Å². The molecule has 1 aromatic rings. The molecule has 2 nitrogen and oxygen atoms in total. The molecule has 0 aliphatic heterocycles. The second kappa shape index (κ2) is 8.55. The summed E-state index contributed by atoms with van der Waals surface area (Å²) >= 11 is 0. The van der Waals surface area contributed by atoms with E-state index >= 15 is 0 Å². The summed E-state index contributed by atoms with van der Waals surface area (Å²) in [5.41, 5.74) is 1.64. The molecule has 2 heteroatoms. The molecule has 3 unspecified atom stereocenters. The standard InChI is InChI=1S/C19H34N2/c1-7-15(2)18(17-11-9-8-10-12-17)14-20-16(3)13-21-19(4,5)6/h8-12,15-16,18,20-21H,7,13-14H2,1-6H3. The van der Waals surface area contributed by atoms with Crippen LogP contribution >= 0.6 is 0 Å². The molecule has 0 spiro atoms. The van der Waals surface area contributed by atoms with Crippen molar-refractivity contribution in [2.24, 2.45) is 5.92 Å². The van der Waals surface area contributed by atoms with Crippen molar-refractivity contribution >= 4 is 0 Å². The summed E-state index contributed by atoms with van der Waals surface area (Å²) < 4.78 is 0. The average molecular weight is 290 g/mol. The van der Waals surface area contributed by atoms with Crippen molar-refractivity contribution in [1.29, 1.82) is 0 Å². The lowest BCUT2D eigenvalue weighted by Crippen LogP contribution is -2.45. The molecule has 0 radical (unpaired) electrons. The third-order valence-electron chi connectivity index (χ3n) is 4.18. The van der Waals surface area contributed by atoms with Crippen molar-refractivity contribution in [2.75, 3.05) is 13.1 Å². The lowest BCUT2D eigenvalue weighted by Gasteiger charge is -2.28. The number of hydrogen-bond acceptors (Lipinski definition) is 2. The fourth-order valence-electron chi connectivity index (χ4n) is 2.49. The first-order valence-corrected chi connectivity index (χ1v) is 8.37. The maximum absolute atomic E-state index is 3.71. The van der Waals surface area contributed by atoms with Crippen molar-refractivity contribution in [2.45, 2.75) is 65.5 Å². The molecule has 0 aromatic heterocycles. The van der Waals surface area contributed by atoms with Crippen LogP contribution in [0, 0.1) is 5.92 Å². The van der Waals surface area contributed by atoms with Crippen LogP contribution in [-0.2, 0) is 0 Å². The summed E-state index contributed by atoms with van der Waals surface area (Å²) in [6.07, 6.45) is 1.22. The minimum atomic E-state index is 0.186. The maximum atomic E-state index is 3.71. The van der Waals surface area contributed by atoms with Crippen LogP contribution in [0.1, 0.15) is 59.4 Å². The maximum Gasteiger partial charge on any atom is 0.0164 e. The van der Waals surface area contributed by atoms with Gasteiger partial charge in [-0.1, -0.05) is 50.6 Å². The van der Waals surface area contributed by atoms with Crippen molar-refractivity contribution in [3.8, 4) is 0 Å². The predicted molar refractivity (Wildman–Crippen MR) is 93.9 cm³/mol. The molecular formula is C19H34N2. The zero-order valence-electron chi connectivity index (χ0n) is 14.7. The molecule has 0 bridgehead atoms. The van der Waals surface area contributed by atoms with Crippen LogP contribution in [0.4, 0.5) is 0 Å². The van der Waals surface area contributed by atoms with Crippen LogP contribution in [0.15, 0.2) is 30.3 Å². The zero-order valence-corrected chi connectivity index (χ0v) is 14.7. The molecule has 0 fully saturated rings. The number of nitrogens with one attached hydrogen (secondary N) is 2. The topological polar surface area (TPSA) is 24.1 Å². The van der Waals surface area contributed by atoms with Gasteiger partial charge in [0.25, 0.3) is 0 Å². The molecule has 0 saturated carbocycles. The molecule has 2 N–H and O–H groups in total. The summed E-state index contributed by atoms with van der Waals surface area (Å²) in [4.78, 5) is 0. The minimum absolute atomic E-state index is 0.186. The molecule has 0 saturated heterocycles. The summed E-state index contributed by atoms with van der Waals surface area (Å²) in [7, 11) is 0. The molecule has 0 heterocycles. The Balaban J connectivity index is 2.55. The minimum Gasteiger partial charge on any atom is -0.312 e. The van der Waals surface area contributed by atoms with Crippen LogP contribution in [0.25, 0.3) is 0 Å². The van der Waals surface area contributed by atoms with Crippen molar-refractivity contribution in [3.63, 3.8) is 0 Å². The van der Waals surface area contributed by atoms with Crippen LogP contribution in [-0.4, -0.2) is 24.7 Å². The second-order valence-corrected chi connectivity index (χ2v) is 7.34. The van der Waals surface area contributed by atoms with Gasteiger partial charge in [-0.25, -0.2) is 0 Å². The highest BCUT2D eigenvalue weighted by atomic mass is 15.0. The van der Waals surface area contributed by atoms with Gasteiger partial charge in [-0.05, 0) is 45.1 Å². The summed E-state index contributed by atoms with van der Waals surface area (Å²) in [5, 5.41) is 7.27. The Labute approximate surface area is 131 Å². The molecule has 1 rings (SSSR count). The van der Waals surface area contributed by atoms with E-state index in [9.17, 15) is 0 Å². The van der Waals surface area contributed by atoms with Gasteiger partial charge in [-0.15, -0.1) is 0 Å². The molecule has 120 valence electrons. The molecule has 0 amide bonds. The number of rotatable bonds is 8. The van der Waals surface area contributed by atoms with E-state index in [1.54, 1.807) is 0 Å². The largest absolute Gasteiger partial charge is 0.312 e. The van der Waals surface area contributed by atoms with Crippen LogP contribution in [0.5, 0.6) is 0 Å². The van der Waals surface area contributed by atoms with Crippen molar-refractivity contribution in [3.05, 3.63) is 35.9 Å². The zero-order chi connectivity index (χ0) is 15.9. The summed E-state index contributed by atoms with van der Waals surface area (Å²) in [6.45, 7) is 15.6. The fourth-order valence-corrected chi connectivity index (χ4v) is 2.49. The molecule has 21 heavy (non-hydrogen) atoms. The SMILES string of the molecule is CCC(C)C(CNC(C)CNC(C)(C)C)c1ccccc1. The lowest BCUT2D eigenvalue weighted by atomic mass is 9.85. The highest BCUT2D eigenvalue weighted by Gasteiger charge is 2.19. The van der Waals surface area contributed by atoms with Gasteiger partial charge in [0.1, 0.15) is 0 Å². The van der Waals surface area contributed by atoms with Gasteiger partial charge < -0.3 is 10.6 Å². The van der Waals surface area contributed by atoms with Gasteiger partial charge in [0.2, 0.25) is 0 Å². The quantitative estimate of drug-likeness (QED) is 0.750.